The topological polar surface area (TPSA) is 42.4 Å². The number of hydrogen-bond acceptors (Lipinski definition) is 3. The Morgan fingerprint density at radius 1 is 1.59 bits per heavy atom. The molecule has 2 heterocycles. The number of carbonyl (C=O) groups is 1. The first-order valence-electron chi connectivity index (χ1n) is 5.25. The van der Waals surface area contributed by atoms with Gasteiger partial charge in [0.25, 0.3) is 5.91 Å². The Labute approximate surface area is 109 Å². The number of amides is 1. The molecule has 0 bridgehead atoms. The molecule has 0 aliphatic carbocycles. The lowest BCUT2D eigenvalue weighted by atomic mass is 10.2. The van der Waals surface area contributed by atoms with Crippen LogP contribution in [0.15, 0.2) is 12.3 Å². The molecule has 1 amide bonds. The fraction of sp³-hybridized carbons (Fsp3) is 0.455. The third-order valence-corrected chi connectivity index (χ3v) is 3.50. The fourth-order valence-corrected chi connectivity index (χ4v) is 2.00. The molecule has 92 valence electrons. The number of pyridine rings is 1. The highest BCUT2D eigenvalue weighted by Gasteiger charge is 2.25. The smallest absolute Gasteiger partial charge is 0.255 e. The summed E-state index contributed by atoms with van der Waals surface area (Å²) in [5, 5.41) is 0.489. The van der Waals surface area contributed by atoms with Crippen molar-refractivity contribution in [2.45, 2.75) is 12.5 Å². The Hall–Kier alpha value is -0.840. The van der Waals surface area contributed by atoms with Crippen LogP contribution in [0.2, 0.25) is 10.2 Å². The van der Waals surface area contributed by atoms with Gasteiger partial charge in [0, 0.05) is 19.9 Å². The lowest BCUT2D eigenvalue weighted by molar-refractivity contribution is 0.0711. The van der Waals surface area contributed by atoms with E-state index in [1.807, 2.05) is 0 Å². The van der Waals surface area contributed by atoms with Gasteiger partial charge in [-0.05, 0) is 12.5 Å². The maximum Gasteiger partial charge on any atom is 0.255 e. The minimum atomic E-state index is -0.119. The van der Waals surface area contributed by atoms with Gasteiger partial charge in [0.1, 0.15) is 5.15 Å². The average Bonchev–Trinajstić information content (AvgIpc) is 2.84. The van der Waals surface area contributed by atoms with E-state index in [2.05, 4.69) is 4.98 Å². The Bertz CT molecular complexity index is 433. The molecule has 1 aromatic rings. The number of rotatable bonds is 2. The highest BCUT2D eigenvalue weighted by Crippen LogP contribution is 2.21. The molecule has 0 aromatic carbocycles. The van der Waals surface area contributed by atoms with Crippen molar-refractivity contribution in [3.63, 3.8) is 0 Å². The zero-order valence-corrected chi connectivity index (χ0v) is 10.8. The predicted molar refractivity (Wildman–Crippen MR) is 65.6 cm³/mol. The molecule has 6 heteroatoms. The summed E-state index contributed by atoms with van der Waals surface area (Å²) in [6, 6.07) is 1.66. The molecule has 17 heavy (non-hydrogen) atoms. The summed E-state index contributed by atoms with van der Waals surface area (Å²) in [5.41, 5.74) is 0.439. The molecule has 1 fully saturated rings. The van der Waals surface area contributed by atoms with Crippen molar-refractivity contribution in [3.8, 4) is 0 Å². The van der Waals surface area contributed by atoms with Crippen LogP contribution in [-0.4, -0.2) is 42.1 Å². The molecule has 1 aromatic heterocycles. The van der Waals surface area contributed by atoms with E-state index in [0.29, 0.717) is 18.8 Å². The van der Waals surface area contributed by atoms with Crippen LogP contribution >= 0.6 is 23.2 Å². The fourth-order valence-electron chi connectivity index (χ4n) is 1.74. The summed E-state index contributed by atoms with van der Waals surface area (Å²) in [7, 11) is 1.75. The molecule has 0 spiro atoms. The number of hydrogen-bond donors (Lipinski definition) is 0. The molecule has 1 aliphatic heterocycles. The standard InChI is InChI=1S/C11H12Cl2N2O2/c1-15(8-2-3-17-6-8)11(16)7-4-9(12)10(13)14-5-7/h4-5,8H,2-3,6H2,1H3. The van der Waals surface area contributed by atoms with Gasteiger partial charge in [-0.2, -0.15) is 0 Å². The third-order valence-electron chi connectivity index (χ3n) is 2.82. The summed E-state index contributed by atoms with van der Waals surface area (Å²) in [5.74, 6) is -0.119. The normalized spacial score (nSPS) is 19.4. The number of ether oxygens (including phenoxy) is 1. The Kier molecular flexibility index (Phi) is 3.86. The number of aromatic nitrogens is 1. The van der Waals surface area contributed by atoms with Crippen LogP contribution in [0.3, 0.4) is 0 Å². The van der Waals surface area contributed by atoms with E-state index in [-0.39, 0.29) is 22.1 Å². The van der Waals surface area contributed by atoms with Gasteiger partial charge >= 0.3 is 0 Å². The Morgan fingerprint density at radius 3 is 2.94 bits per heavy atom. The highest BCUT2D eigenvalue weighted by molar-refractivity contribution is 6.41. The molecule has 0 N–H and O–H groups in total. The molecule has 0 radical (unpaired) electrons. The molecule has 4 nitrogen and oxygen atoms in total. The van der Waals surface area contributed by atoms with E-state index < -0.39 is 0 Å². The second kappa shape index (κ2) is 5.21. The van der Waals surface area contributed by atoms with Gasteiger partial charge in [-0.3, -0.25) is 4.79 Å². The van der Waals surface area contributed by atoms with Gasteiger partial charge in [-0.15, -0.1) is 0 Å². The quantitative estimate of drug-likeness (QED) is 0.777. The van der Waals surface area contributed by atoms with E-state index in [1.54, 1.807) is 11.9 Å². The van der Waals surface area contributed by atoms with E-state index >= 15 is 0 Å². The largest absolute Gasteiger partial charge is 0.379 e. The van der Waals surface area contributed by atoms with Crippen molar-refractivity contribution in [1.82, 2.24) is 9.88 Å². The second-order valence-electron chi connectivity index (χ2n) is 3.93. The van der Waals surface area contributed by atoms with Crippen molar-refractivity contribution in [3.05, 3.63) is 28.0 Å². The third kappa shape index (κ3) is 2.70. The summed E-state index contributed by atoms with van der Waals surface area (Å²) < 4.78 is 5.25. The van der Waals surface area contributed by atoms with Crippen molar-refractivity contribution in [2.24, 2.45) is 0 Å². The summed E-state index contributed by atoms with van der Waals surface area (Å²) >= 11 is 11.5. The Balaban J connectivity index is 2.15. The number of carbonyl (C=O) groups excluding carboxylic acids is 1. The Morgan fingerprint density at radius 2 is 2.35 bits per heavy atom. The first kappa shape index (κ1) is 12.6. The molecule has 1 aliphatic rings. The predicted octanol–water partition coefficient (Wildman–Crippen LogP) is 2.25. The van der Waals surface area contributed by atoms with Gasteiger partial charge in [0.2, 0.25) is 0 Å². The van der Waals surface area contributed by atoms with Gasteiger partial charge in [-0.1, -0.05) is 23.2 Å². The number of halogens is 2. The highest BCUT2D eigenvalue weighted by atomic mass is 35.5. The van der Waals surface area contributed by atoms with Crippen LogP contribution < -0.4 is 0 Å². The van der Waals surface area contributed by atoms with Gasteiger partial charge in [0.05, 0.1) is 23.2 Å². The molecule has 2 rings (SSSR count). The minimum Gasteiger partial charge on any atom is -0.379 e. The zero-order valence-electron chi connectivity index (χ0n) is 9.32. The van der Waals surface area contributed by atoms with Crippen molar-refractivity contribution < 1.29 is 9.53 Å². The lowest BCUT2D eigenvalue weighted by Crippen LogP contribution is -2.37. The van der Waals surface area contributed by atoms with Crippen LogP contribution in [-0.2, 0) is 4.74 Å². The molecular formula is C11H12Cl2N2O2. The molecular weight excluding hydrogens is 263 g/mol. The summed E-state index contributed by atoms with van der Waals surface area (Å²) in [6.45, 7) is 1.28. The number of nitrogens with zero attached hydrogens (tertiary/aromatic N) is 2. The van der Waals surface area contributed by atoms with Gasteiger partial charge < -0.3 is 9.64 Å². The van der Waals surface area contributed by atoms with Crippen molar-refractivity contribution >= 4 is 29.1 Å². The van der Waals surface area contributed by atoms with Crippen LogP contribution in [0.25, 0.3) is 0 Å². The second-order valence-corrected chi connectivity index (χ2v) is 4.70. The first-order chi connectivity index (χ1) is 8.09. The summed E-state index contributed by atoms with van der Waals surface area (Å²) in [4.78, 5) is 17.6. The maximum absolute atomic E-state index is 12.1. The molecule has 1 unspecified atom stereocenters. The maximum atomic E-state index is 12.1. The monoisotopic (exact) mass is 274 g/mol. The van der Waals surface area contributed by atoms with Crippen LogP contribution in [0, 0.1) is 0 Å². The SMILES string of the molecule is CN(C(=O)c1cnc(Cl)c(Cl)c1)C1CCOC1. The van der Waals surface area contributed by atoms with Crippen LogP contribution in [0.4, 0.5) is 0 Å². The minimum absolute atomic E-state index is 0.119. The van der Waals surface area contributed by atoms with E-state index in [0.717, 1.165) is 6.42 Å². The first-order valence-corrected chi connectivity index (χ1v) is 6.01. The zero-order chi connectivity index (χ0) is 12.4. The van der Waals surface area contributed by atoms with E-state index in [4.69, 9.17) is 27.9 Å². The lowest BCUT2D eigenvalue weighted by Gasteiger charge is -2.23. The van der Waals surface area contributed by atoms with E-state index in [9.17, 15) is 4.79 Å². The average molecular weight is 275 g/mol. The van der Waals surface area contributed by atoms with E-state index in [1.165, 1.54) is 12.3 Å². The summed E-state index contributed by atoms with van der Waals surface area (Å²) in [6.07, 6.45) is 2.29. The van der Waals surface area contributed by atoms with Crippen LogP contribution in [0.5, 0.6) is 0 Å². The molecule has 1 saturated heterocycles. The van der Waals surface area contributed by atoms with Crippen molar-refractivity contribution in [1.29, 1.82) is 0 Å². The molecule has 1 atom stereocenters. The van der Waals surface area contributed by atoms with Crippen molar-refractivity contribution in [2.75, 3.05) is 20.3 Å². The van der Waals surface area contributed by atoms with Crippen LogP contribution in [0.1, 0.15) is 16.8 Å². The van der Waals surface area contributed by atoms with Gasteiger partial charge in [-0.25, -0.2) is 4.98 Å². The number of likely N-dealkylation sites (N-methyl/N-ethyl adjacent to an activating group) is 1. The van der Waals surface area contributed by atoms with Gasteiger partial charge in [0.15, 0.2) is 0 Å². The molecule has 0 saturated carbocycles.